The Morgan fingerprint density at radius 1 is 0.938 bits per heavy atom. The largest absolute Gasteiger partial charge is 0.481 e. The molecule has 0 aromatic heterocycles. The van der Waals surface area contributed by atoms with Gasteiger partial charge in [-0.05, 0) is 19.3 Å². The first-order valence-corrected chi connectivity index (χ1v) is 6.86. The summed E-state index contributed by atoms with van der Waals surface area (Å²) in [6.45, 7) is 6.34. The molecule has 0 fully saturated rings. The van der Waals surface area contributed by atoms with Gasteiger partial charge in [0, 0.05) is 0 Å². The first-order chi connectivity index (χ1) is 7.63. The second-order valence-corrected chi connectivity index (χ2v) is 4.85. The van der Waals surface area contributed by atoms with Crippen LogP contribution in [-0.4, -0.2) is 11.1 Å². The Balaban J connectivity index is 4.27. The van der Waals surface area contributed by atoms with Gasteiger partial charge in [0.1, 0.15) is 0 Å². The summed E-state index contributed by atoms with van der Waals surface area (Å²) in [4.78, 5) is 11.4. The summed E-state index contributed by atoms with van der Waals surface area (Å²) in [6.07, 6.45) is 9.24. The highest BCUT2D eigenvalue weighted by Gasteiger charge is 2.35. The van der Waals surface area contributed by atoms with Crippen molar-refractivity contribution in [1.82, 2.24) is 0 Å². The Hall–Kier alpha value is -0.530. The van der Waals surface area contributed by atoms with Gasteiger partial charge in [0.15, 0.2) is 0 Å². The molecule has 0 radical (unpaired) electrons. The Kier molecular flexibility index (Phi) is 8.32. The number of carbonyl (C=O) groups is 1. The van der Waals surface area contributed by atoms with Gasteiger partial charge in [-0.2, -0.15) is 0 Å². The maximum absolute atomic E-state index is 11.4. The summed E-state index contributed by atoms with van der Waals surface area (Å²) in [5.74, 6) is -0.581. The molecule has 0 aromatic carbocycles. The van der Waals surface area contributed by atoms with E-state index in [2.05, 4.69) is 13.8 Å². The van der Waals surface area contributed by atoms with Gasteiger partial charge >= 0.3 is 5.97 Å². The first kappa shape index (κ1) is 15.5. The van der Waals surface area contributed by atoms with Crippen molar-refractivity contribution in [3.8, 4) is 0 Å². The predicted octanol–water partition coefficient (Wildman–Crippen LogP) is 4.63. The number of hydrogen-bond acceptors (Lipinski definition) is 1. The molecule has 0 aliphatic heterocycles. The standard InChI is InChI=1S/C14H28O2/c1-4-7-9-11-14(6-3,13(15)16)12-10-8-5-2/h4-12H2,1-3H3,(H,15,16). The highest BCUT2D eigenvalue weighted by molar-refractivity contribution is 5.74. The van der Waals surface area contributed by atoms with Crippen LogP contribution in [0.1, 0.15) is 78.6 Å². The quantitative estimate of drug-likeness (QED) is 0.554. The fourth-order valence-corrected chi connectivity index (χ4v) is 2.27. The molecule has 0 saturated carbocycles. The van der Waals surface area contributed by atoms with Gasteiger partial charge in [0.05, 0.1) is 5.41 Å². The van der Waals surface area contributed by atoms with Crippen LogP contribution in [0.4, 0.5) is 0 Å². The average Bonchev–Trinajstić information content (AvgIpc) is 2.27. The summed E-state index contributed by atoms with van der Waals surface area (Å²) in [5.41, 5.74) is -0.440. The maximum atomic E-state index is 11.4. The molecule has 0 amide bonds. The molecule has 0 aliphatic carbocycles. The van der Waals surface area contributed by atoms with Crippen LogP contribution in [0.5, 0.6) is 0 Å². The molecule has 16 heavy (non-hydrogen) atoms. The minimum Gasteiger partial charge on any atom is -0.481 e. The molecular formula is C14H28O2. The minimum atomic E-state index is -0.581. The van der Waals surface area contributed by atoms with Gasteiger partial charge in [-0.3, -0.25) is 4.79 Å². The summed E-state index contributed by atoms with van der Waals surface area (Å²) in [5, 5.41) is 9.42. The monoisotopic (exact) mass is 228 g/mol. The first-order valence-electron chi connectivity index (χ1n) is 6.86. The molecule has 96 valence electrons. The van der Waals surface area contributed by atoms with E-state index in [0.717, 1.165) is 57.8 Å². The van der Waals surface area contributed by atoms with E-state index in [1.54, 1.807) is 0 Å². The number of unbranched alkanes of at least 4 members (excludes halogenated alkanes) is 4. The average molecular weight is 228 g/mol. The number of hydrogen-bond donors (Lipinski definition) is 1. The van der Waals surface area contributed by atoms with Crippen molar-refractivity contribution in [2.24, 2.45) is 5.41 Å². The van der Waals surface area contributed by atoms with E-state index < -0.39 is 11.4 Å². The van der Waals surface area contributed by atoms with Crippen molar-refractivity contribution in [1.29, 1.82) is 0 Å². The number of rotatable bonds is 10. The molecule has 2 nitrogen and oxygen atoms in total. The zero-order chi connectivity index (χ0) is 12.4. The Bertz CT molecular complexity index is 177. The maximum Gasteiger partial charge on any atom is 0.309 e. The molecule has 0 unspecified atom stereocenters. The smallest absolute Gasteiger partial charge is 0.309 e. The van der Waals surface area contributed by atoms with E-state index in [9.17, 15) is 9.90 Å². The van der Waals surface area contributed by atoms with Gasteiger partial charge < -0.3 is 5.11 Å². The molecule has 0 atom stereocenters. The van der Waals surface area contributed by atoms with Gasteiger partial charge in [-0.15, -0.1) is 0 Å². The normalized spacial score (nSPS) is 11.7. The molecular weight excluding hydrogens is 200 g/mol. The molecule has 2 heteroatoms. The summed E-state index contributed by atoms with van der Waals surface area (Å²) in [7, 11) is 0. The third-order valence-electron chi connectivity index (χ3n) is 3.65. The van der Waals surface area contributed by atoms with Crippen LogP contribution < -0.4 is 0 Å². The summed E-state index contributed by atoms with van der Waals surface area (Å²) < 4.78 is 0. The van der Waals surface area contributed by atoms with E-state index in [-0.39, 0.29) is 0 Å². The Labute approximate surface area is 100 Å². The fraction of sp³-hybridized carbons (Fsp3) is 0.929. The van der Waals surface area contributed by atoms with E-state index in [0.29, 0.717) is 0 Å². The second-order valence-electron chi connectivity index (χ2n) is 4.85. The van der Waals surface area contributed by atoms with Crippen molar-refractivity contribution in [3.63, 3.8) is 0 Å². The molecule has 1 N–H and O–H groups in total. The van der Waals surface area contributed by atoms with E-state index in [1.165, 1.54) is 0 Å². The summed E-state index contributed by atoms with van der Waals surface area (Å²) in [6, 6.07) is 0. The van der Waals surface area contributed by atoms with Crippen molar-refractivity contribution in [2.45, 2.75) is 78.6 Å². The Morgan fingerprint density at radius 3 is 1.62 bits per heavy atom. The molecule has 0 heterocycles. The van der Waals surface area contributed by atoms with Crippen molar-refractivity contribution in [2.75, 3.05) is 0 Å². The van der Waals surface area contributed by atoms with Crippen molar-refractivity contribution >= 4 is 5.97 Å². The van der Waals surface area contributed by atoms with Crippen LogP contribution in [0.15, 0.2) is 0 Å². The van der Waals surface area contributed by atoms with Crippen LogP contribution >= 0.6 is 0 Å². The van der Waals surface area contributed by atoms with Gasteiger partial charge in [0.25, 0.3) is 0 Å². The van der Waals surface area contributed by atoms with Crippen molar-refractivity contribution < 1.29 is 9.90 Å². The lowest BCUT2D eigenvalue weighted by Crippen LogP contribution is -2.30. The number of aliphatic carboxylic acids is 1. The topological polar surface area (TPSA) is 37.3 Å². The predicted molar refractivity (Wildman–Crippen MR) is 68.6 cm³/mol. The minimum absolute atomic E-state index is 0.440. The fourth-order valence-electron chi connectivity index (χ4n) is 2.27. The molecule has 0 spiro atoms. The number of carboxylic acid groups (broad SMARTS) is 1. The van der Waals surface area contributed by atoms with Crippen LogP contribution in [0.25, 0.3) is 0 Å². The van der Waals surface area contributed by atoms with Gasteiger partial charge in [-0.25, -0.2) is 0 Å². The third kappa shape index (κ3) is 5.00. The SMILES string of the molecule is CCCCCC(CC)(CCCCC)C(=O)O. The van der Waals surface area contributed by atoms with E-state index in [1.807, 2.05) is 6.92 Å². The van der Waals surface area contributed by atoms with Crippen LogP contribution in [-0.2, 0) is 4.79 Å². The molecule has 0 bridgehead atoms. The molecule has 0 aliphatic rings. The zero-order valence-electron chi connectivity index (χ0n) is 11.2. The highest BCUT2D eigenvalue weighted by atomic mass is 16.4. The zero-order valence-corrected chi connectivity index (χ0v) is 11.2. The molecule has 0 saturated heterocycles. The van der Waals surface area contributed by atoms with Gasteiger partial charge in [0.2, 0.25) is 0 Å². The lowest BCUT2D eigenvalue weighted by molar-refractivity contribution is -0.150. The van der Waals surface area contributed by atoms with Crippen molar-refractivity contribution in [3.05, 3.63) is 0 Å². The van der Waals surface area contributed by atoms with Crippen LogP contribution in [0.3, 0.4) is 0 Å². The third-order valence-corrected chi connectivity index (χ3v) is 3.65. The lowest BCUT2D eigenvalue weighted by Gasteiger charge is -2.28. The van der Waals surface area contributed by atoms with Gasteiger partial charge in [-0.1, -0.05) is 59.3 Å². The lowest BCUT2D eigenvalue weighted by atomic mass is 9.76. The van der Waals surface area contributed by atoms with E-state index >= 15 is 0 Å². The van der Waals surface area contributed by atoms with Crippen LogP contribution in [0.2, 0.25) is 0 Å². The number of carboxylic acids is 1. The molecule has 0 rings (SSSR count). The van der Waals surface area contributed by atoms with E-state index in [4.69, 9.17) is 0 Å². The summed E-state index contributed by atoms with van der Waals surface area (Å²) >= 11 is 0. The van der Waals surface area contributed by atoms with Crippen LogP contribution in [0, 0.1) is 5.41 Å². The molecule has 0 aromatic rings. The highest BCUT2D eigenvalue weighted by Crippen LogP contribution is 2.35. The second kappa shape index (κ2) is 8.60. The Morgan fingerprint density at radius 2 is 1.38 bits per heavy atom.